The van der Waals surface area contributed by atoms with Crippen LogP contribution in [0.5, 0.6) is 0 Å². The predicted molar refractivity (Wildman–Crippen MR) is 76.3 cm³/mol. The minimum Gasteiger partial charge on any atom is -0.444 e. The largest absolute Gasteiger partial charge is 0.444 e. The van der Waals surface area contributed by atoms with Crippen LogP contribution < -0.4 is 5.32 Å². The number of ether oxygens (including phenoxy) is 1. The lowest BCUT2D eigenvalue weighted by molar-refractivity contribution is 0.0105. The van der Waals surface area contributed by atoms with Gasteiger partial charge in [0.15, 0.2) is 0 Å². The second-order valence-corrected chi connectivity index (χ2v) is 6.31. The van der Waals surface area contributed by atoms with Gasteiger partial charge in [-0.05, 0) is 39.3 Å². The fraction of sp³-hybridized carbons (Fsp3) is 0.533. The molecule has 2 rings (SSSR count). The van der Waals surface area contributed by atoms with E-state index in [0.29, 0.717) is 13.1 Å². The van der Waals surface area contributed by atoms with Gasteiger partial charge in [-0.2, -0.15) is 0 Å². The Hall–Kier alpha value is -1.85. The Labute approximate surface area is 123 Å². The van der Waals surface area contributed by atoms with Gasteiger partial charge in [0.1, 0.15) is 17.2 Å². The number of nitrogens with zero attached hydrogens (tertiary/aromatic N) is 1. The van der Waals surface area contributed by atoms with Gasteiger partial charge in [-0.25, -0.2) is 13.6 Å². The molecule has 4 nitrogen and oxygen atoms in total. The number of carbonyl (C=O) groups excluding carboxylic acids is 1. The first-order valence-electron chi connectivity index (χ1n) is 6.86. The van der Waals surface area contributed by atoms with Gasteiger partial charge in [0.2, 0.25) is 0 Å². The maximum absolute atomic E-state index is 13.7. The van der Waals surface area contributed by atoms with E-state index in [1.807, 2.05) is 0 Å². The van der Waals surface area contributed by atoms with Crippen LogP contribution in [0.1, 0.15) is 26.3 Å². The zero-order chi connectivity index (χ0) is 15.8. The van der Waals surface area contributed by atoms with E-state index in [1.54, 1.807) is 20.8 Å². The van der Waals surface area contributed by atoms with E-state index >= 15 is 0 Å². The van der Waals surface area contributed by atoms with Crippen molar-refractivity contribution in [1.29, 1.82) is 0 Å². The molecule has 1 aliphatic heterocycles. The molecule has 1 saturated heterocycles. The van der Waals surface area contributed by atoms with Gasteiger partial charge in [0, 0.05) is 19.2 Å². The minimum atomic E-state index is -0.540. The van der Waals surface area contributed by atoms with Crippen LogP contribution in [0.2, 0.25) is 0 Å². The number of anilines is 1. The van der Waals surface area contributed by atoms with E-state index < -0.39 is 23.3 Å². The molecule has 0 unspecified atom stereocenters. The molecule has 0 aliphatic carbocycles. The molecule has 0 spiro atoms. The van der Waals surface area contributed by atoms with Gasteiger partial charge < -0.3 is 15.0 Å². The quantitative estimate of drug-likeness (QED) is 0.911. The standard InChI is InChI=1S/C15H20F2N2O2/c1-9-5-12(17)13(6-11(9)16)18-10-7-19(8-10)14(20)21-15(2,3)4/h5-6,10,18H,7-8H2,1-4H3. The molecule has 21 heavy (non-hydrogen) atoms. The van der Waals surface area contributed by atoms with Crippen LogP contribution in [0, 0.1) is 18.6 Å². The molecule has 6 heteroatoms. The third-order valence-electron chi connectivity index (χ3n) is 3.14. The molecule has 1 heterocycles. The smallest absolute Gasteiger partial charge is 0.410 e. The fourth-order valence-corrected chi connectivity index (χ4v) is 2.02. The van der Waals surface area contributed by atoms with Gasteiger partial charge in [0.05, 0.1) is 11.7 Å². The Kier molecular flexibility index (Phi) is 4.07. The summed E-state index contributed by atoms with van der Waals surface area (Å²) in [6, 6.07) is 2.19. The predicted octanol–water partition coefficient (Wildman–Crippen LogP) is 3.30. The molecule has 0 saturated carbocycles. The number of halogens is 2. The van der Waals surface area contributed by atoms with Crippen molar-refractivity contribution in [3.05, 3.63) is 29.3 Å². The third kappa shape index (κ3) is 3.83. The van der Waals surface area contributed by atoms with Crippen molar-refractivity contribution in [1.82, 2.24) is 4.90 Å². The molecule has 1 aromatic rings. The van der Waals surface area contributed by atoms with Gasteiger partial charge in [0.25, 0.3) is 0 Å². The number of carbonyl (C=O) groups is 1. The number of aryl methyl sites for hydroxylation is 1. The monoisotopic (exact) mass is 298 g/mol. The van der Waals surface area contributed by atoms with Gasteiger partial charge in [-0.15, -0.1) is 0 Å². The number of hydrogen-bond donors (Lipinski definition) is 1. The van der Waals surface area contributed by atoms with Crippen LogP contribution >= 0.6 is 0 Å². The van der Waals surface area contributed by atoms with Crippen molar-refractivity contribution in [3.8, 4) is 0 Å². The van der Waals surface area contributed by atoms with Crippen molar-refractivity contribution < 1.29 is 18.3 Å². The second-order valence-electron chi connectivity index (χ2n) is 6.31. The average molecular weight is 298 g/mol. The van der Waals surface area contributed by atoms with E-state index in [4.69, 9.17) is 4.74 Å². The summed E-state index contributed by atoms with van der Waals surface area (Å²) < 4.78 is 32.3. The summed E-state index contributed by atoms with van der Waals surface area (Å²) in [6.07, 6.45) is -0.392. The number of amides is 1. The van der Waals surface area contributed by atoms with E-state index in [2.05, 4.69) is 5.32 Å². The zero-order valence-corrected chi connectivity index (χ0v) is 12.7. The van der Waals surface area contributed by atoms with Gasteiger partial charge in [-0.1, -0.05) is 0 Å². The Balaban J connectivity index is 1.89. The highest BCUT2D eigenvalue weighted by atomic mass is 19.1. The molecule has 1 fully saturated rings. The molecule has 1 N–H and O–H groups in total. The van der Waals surface area contributed by atoms with E-state index in [0.717, 1.165) is 12.1 Å². The lowest BCUT2D eigenvalue weighted by atomic mass is 10.1. The summed E-state index contributed by atoms with van der Waals surface area (Å²) in [7, 11) is 0. The SMILES string of the molecule is Cc1cc(F)c(NC2CN(C(=O)OC(C)(C)C)C2)cc1F. The molecule has 0 bridgehead atoms. The lowest BCUT2D eigenvalue weighted by Crippen LogP contribution is -2.58. The molecule has 0 atom stereocenters. The van der Waals surface area contributed by atoms with Gasteiger partial charge in [-0.3, -0.25) is 0 Å². The second kappa shape index (κ2) is 5.50. The Morgan fingerprint density at radius 3 is 2.48 bits per heavy atom. The molecular formula is C15H20F2N2O2. The highest BCUT2D eigenvalue weighted by Gasteiger charge is 2.34. The molecule has 1 amide bonds. The summed E-state index contributed by atoms with van der Waals surface area (Å²) in [6.45, 7) is 7.71. The fourth-order valence-electron chi connectivity index (χ4n) is 2.02. The van der Waals surface area contributed by atoms with Crippen molar-refractivity contribution in [3.63, 3.8) is 0 Å². The number of rotatable bonds is 2. The zero-order valence-electron chi connectivity index (χ0n) is 12.7. The molecule has 1 aliphatic rings. The first-order valence-corrected chi connectivity index (χ1v) is 6.86. The number of benzene rings is 1. The average Bonchev–Trinajstić information content (AvgIpc) is 2.26. The Morgan fingerprint density at radius 2 is 1.90 bits per heavy atom. The van der Waals surface area contributed by atoms with E-state index in [-0.39, 0.29) is 17.3 Å². The van der Waals surface area contributed by atoms with Crippen molar-refractivity contribution in [2.75, 3.05) is 18.4 Å². The molecule has 116 valence electrons. The van der Waals surface area contributed by atoms with Gasteiger partial charge >= 0.3 is 6.09 Å². The maximum atomic E-state index is 13.7. The summed E-state index contributed by atoms with van der Waals surface area (Å²) >= 11 is 0. The summed E-state index contributed by atoms with van der Waals surface area (Å²) in [5.41, 5.74) is -0.157. The van der Waals surface area contributed by atoms with Crippen LogP contribution in [0.15, 0.2) is 12.1 Å². The van der Waals surface area contributed by atoms with Crippen molar-refractivity contribution >= 4 is 11.8 Å². The maximum Gasteiger partial charge on any atom is 0.410 e. The number of hydrogen-bond acceptors (Lipinski definition) is 3. The summed E-state index contributed by atoms with van der Waals surface area (Å²) in [4.78, 5) is 13.3. The lowest BCUT2D eigenvalue weighted by Gasteiger charge is -2.40. The minimum absolute atomic E-state index is 0.103. The highest BCUT2D eigenvalue weighted by molar-refractivity contribution is 5.69. The molecule has 0 aromatic heterocycles. The van der Waals surface area contributed by atoms with Crippen LogP contribution in [-0.2, 0) is 4.74 Å². The van der Waals surface area contributed by atoms with E-state index in [1.165, 1.54) is 11.8 Å². The third-order valence-corrected chi connectivity index (χ3v) is 3.14. The Morgan fingerprint density at radius 1 is 1.29 bits per heavy atom. The first kappa shape index (κ1) is 15.5. The Bertz CT molecular complexity index is 549. The topological polar surface area (TPSA) is 41.6 Å². The highest BCUT2D eigenvalue weighted by Crippen LogP contribution is 2.23. The molecule has 0 radical (unpaired) electrons. The van der Waals surface area contributed by atoms with Crippen molar-refractivity contribution in [2.24, 2.45) is 0 Å². The normalized spacial score (nSPS) is 15.6. The first-order chi connectivity index (χ1) is 9.65. The number of likely N-dealkylation sites (tertiary alicyclic amines) is 1. The summed E-state index contributed by atoms with van der Waals surface area (Å²) in [5.74, 6) is -0.952. The number of nitrogens with one attached hydrogen (secondary N) is 1. The molecular weight excluding hydrogens is 278 g/mol. The van der Waals surface area contributed by atoms with Crippen molar-refractivity contribution in [2.45, 2.75) is 39.3 Å². The van der Waals surface area contributed by atoms with Crippen LogP contribution in [0.3, 0.4) is 0 Å². The van der Waals surface area contributed by atoms with Crippen LogP contribution in [0.25, 0.3) is 0 Å². The van der Waals surface area contributed by atoms with Crippen LogP contribution in [0.4, 0.5) is 19.3 Å². The van der Waals surface area contributed by atoms with Crippen LogP contribution in [-0.4, -0.2) is 35.7 Å². The molecule has 1 aromatic carbocycles. The van der Waals surface area contributed by atoms with E-state index in [9.17, 15) is 13.6 Å². The summed E-state index contributed by atoms with van der Waals surface area (Å²) in [5, 5.41) is 2.90.